The van der Waals surface area contributed by atoms with E-state index in [1.807, 2.05) is 0 Å². The fourth-order valence-corrected chi connectivity index (χ4v) is 1.40. The lowest BCUT2D eigenvalue weighted by molar-refractivity contribution is 0.412. The Hall–Kier alpha value is -2.56. The lowest BCUT2D eigenvalue weighted by Crippen LogP contribution is -1.95. The maximum atomic E-state index is 9.63. The summed E-state index contributed by atoms with van der Waals surface area (Å²) in [5, 5.41) is 9.63. The standard InChI is InChI=1S/C12H13N3O2/c13-7-1-3-11(9(15)5-7)17-12-4-2-8(14)6-10(12)16/h1-6,16H,13-15H2. The van der Waals surface area contributed by atoms with E-state index in [9.17, 15) is 5.11 Å². The zero-order valence-electron chi connectivity index (χ0n) is 9.05. The van der Waals surface area contributed by atoms with Crippen molar-refractivity contribution in [1.29, 1.82) is 0 Å². The molecule has 17 heavy (non-hydrogen) atoms. The van der Waals surface area contributed by atoms with Crippen LogP contribution in [0.25, 0.3) is 0 Å². The van der Waals surface area contributed by atoms with E-state index >= 15 is 0 Å². The van der Waals surface area contributed by atoms with E-state index in [1.54, 1.807) is 30.3 Å². The molecular formula is C12H13N3O2. The number of rotatable bonds is 2. The number of phenolic OH excluding ortho intramolecular Hbond substituents is 1. The zero-order chi connectivity index (χ0) is 12.4. The van der Waals surface area contributed by atoms with Crippen molar-refractivity contribution in [3.8, 4) is 17.2 Å². The van der Waals surface area contributed by atoms with Crippen LogP contribution in [0.5, 0.6) is 17.2 Å². The molecule has 0 atom stereocenters. The summed E-state index contributed by atoms with van der Waals surface area (Å²) in [6, 6.07) is 9.50. The molecule has 7 N–H and O–H groups in total. The number of nitrogen functional groups attached to an aromatic ring is 3. The van der Waals surface area contributed by atoms with Gasteiger partial charge in [0.05, 0.1) is 5.69 Å². The first-order valence-electron chi connectivity index (χ1n) is 4.97. The second-order valence-electron chi connectivity index (χ2n) is 3.63. The fraction of sp³-hybridized carbons (Fsp3) is 0. The summed E-state index contributed by atoms with van der Waals surface area (Å²) in [5.41, 5.74) is 18.2. The molecule has 5 heteroatoms. The van der Waals surface area contributed by atoms with E-state index in [4.69, 9.17) is 21.9 Å². The first-order chi connectivity index (χ1) is 8.06. The van der Waals surface area contributed by atoms with Gasteiger partial charge in [0.2, 0.25) is 0 Å². The van der Waals surface area contributed by atoms with Gasteiger partial charge in [0.1, 0.15) is 0 Å². The third kappa shape index (κ3) is 2.34. The molecule has 88 valence electrons. The van der Waals surface area contributed by atoms with Gasteiger partial charge in [-0.3, -0.25) is 0 Å². The number of ether oxygens (including phenoxy) is 1. The highest BCUT2D eigenvalue weighted by Gasteiger charge is 2.07. The Balaban J connectivity index is 2.31. The fourth-order valence-electron chi connectivity index (χ4n) is 1.40. The van der Waals surface area contributed by atoms with E-state index in [0.29, 0.717) is 22.8 Å². The van der Waals surface area contributed by atoms with Crippen molar-refractivity contribution in [3.05, 3.63) is 36.4 Å². The molecule has 0 aromatic heterocycles. The molecule has 0 aliphatic carbocycles. The van der Waals surface area contributed by atoms with Crippen molar-refractivity contribution in [2.45, 2.75) is 0 Å². The molecule has 0 heterocycles. The van der Waals surface area contributed by atoms with Gasteiger partial charge >= 0.3 is 0 Å². The summed E-state index contributed by atoms with van der Waals surface area (Å²) in [5.74, 6) is 0.677. The van der Waals surface area contributed by atoms with Gasteiger partial charge in [-0.05, 0) is 30.3 Å². The number of anilines is 3. The molecule has 0 aliphatic heterocycles. The van der Waals surface area contributed by atoms with Gasteiger partial charge in [-0.15, -0.1) is 0 Å². The normalized spacial score (nSPS) is 10.1. The molecule has 0 aliphatic rings. The topological polar surface area (TPSA) is 108 Å². The predicted octanol–water partition coefficient (Wildman–Crippen LogP) is 1.93. The predicted molar refractivity (Wildman–Crippen MR) is 67.9 cm³/mol. The van der Waals surface area contributed by atoms with Gasteiger partial charge in [-0.25, -0.2) is 0 Å². The van der Waals surface area contributed by atoms with Crippen LogP contribution < -0.4 is 21.9 Å². The van der Waals surface area contributed by atoms with Crippen molar-refractivity contribution in [2.24, 2.45) is 0 Å². The van der Waals surface area contributed by atoms with E-state index in [1.165, 1.54) is 6.07 Å². The summed E-state index contributed by atoms with van der Waals surface area (Å²) >= 11 is 0. The monoisotopic (exact) mass is 231 g/mol. The Bertz CT molecular complexity index is 506. The van der Waals surface area contributed by atoms with E-state index in [2.05, 4.69) is 0 Å². The van der Waals surface area contributed by atoms with Crippen LogP contribution in [0.3, 0.4) is 0 Å². The number of nitrogens with two attached hydrogens (primary N) is 3. The smallest absolute Gasteiger partial charge is 0.169 e. The Kier molecular flexibility index (Phi) is 2.66. The molecular weight excluding hydrogens is 218 g/mol. The summed E-state index contributed by atoms with van der Waals surface area (Å²) in [4.78, 5) is 0. The quantitative estimate of drug-likeness (QED) is 0.591. The van der Waals surface area contributed by atoms with E-state index in [-0.39, 0.29) is 11.5 Å². The number of aromatic hydroxyl groups is 1. The number of hydrogen-bond donors (Lipinski definition) is 4. The van der Waals surface area contributed by atoms with Gasteiger partial charge < -0.3 is 27.0 Å². The highest BCUT2D eigenvalue weighted by Crippen LogP contribution is 2.35. The van der Waals surface area contributed by atoms with Gasteiger partial charge in [-0.2, -0.15) is 0 Å². The minimum Gasteiger partial charge on any atom is -0.504 e. The van der Waals surface area contributed by atoms with E-state index in [0.717, 1.165) is 0 Å². The molecule has 0 spiro atoms. The van der Waals surface area contributed by atoms with Gasteiger partial charge in [0.25, 0.3) is 0 Å². The van der Waals surface area contributed by atoms with Crippen LogP contribution in [0.4, 0.5) is 17.1 Å². The third-order valence-electron chi connectivity index (χ3n) is 2.24. The SMILES string of the molecule is Nc1ccc(Oc2ccc(N)cc2O)c(N)c1. The first kappa shape index (κ1) is 10.9. The highest BCUT2D eigenvalue weighted by molar-refractivity contribution is 5.62. The maximum Gasteiger partial charge on any atom is 0.169 e. The molecule has 0 saturated heterocycles. The molecule has 2 aromatic carbocycles. The van der Waals surface area contributed by atoms with Crippen molar-refractivity contribution >= 4 is 17.1 Å². The zero-order valence-corrected chi connectivity index (χ0v) is 9.05. The second-order valence-corrected chi connectivity index (χ2v) is 3.63. The maximum absolute atomic E-state index is 9.63. The van der Waals surface area contributed by atoms with E-state index < -0.39 is 0 Å². The molecule has 0 saturated carbocycles. The van der Waals surface area contributed by atoms with Crippen LogP contribution in [-0.4, -0.2) is 5.11 Å². The first-order valence-corrected chi connectivity index (χ1v) is 4.97. The average molecular weight is 231 g/mol. The van der Waals surface area contributed by atoms with Crippen LogP contribution in [0.2, 0.25) is 0 Å². The molecule has 0 bridgehead atoms. The van der Waals surface area contributed by atoms with Crippen molar-refractivity contribution < 1.29 is 9.84 Å². The van der Waals surface area contributed by atoms with Crippen molar-refractivity contribution in [2.75, 3.05) is 17.2 Å². The molecule has 0 amide bonds. The molecule has 0 unspecified atom stereocenters. The largest absolute Gasteiger partial charge is 0.504 e. The molecule has 5 nitrogen and oxygen atoms in total. The van der Waals surface area contributed by atoms with Crippen molar-refractivity contribution in [1.82, 2.24) is 0 Å². The number of hydrogen-bond acceptors (Lipinski definition) is 5. The Morgan fingerprint density at radius 2 is 1.41 bits per heavy atom. The van der Waals surface area contributed by atoms with Gasteiger partial charge in [0.15, 0.2) is 17.2 Å². The summed E-state index contributed by atoms with van der Waals surface area (Å²) in [6.45, 7) is 0. The lowest BCUT2D eigenvalue weighted by Gasteiger charge is -2.10. The van der Waals surface area contributed by atoms with Crippen LogP contribution >= 0.6 is 0 Å². The lowest BCUT2D eigenvalue weighted by atomic mass is 10.2. The minimum atomic E-state index is -0.0405. The summed E-state index contributed by atoms with van der Waals surface area (Å²) < 4.78 is 5.46. The third-order valence-corrected chi connectivity index (χ3v) is 2.24. The van der Waals surface area contributed by atoms with Gasteiger partial charge in [-0.1, -0.05) is 0 Å². The summed E-state index contributed by atoms with van der Waals surface area (Å²) in [7, 11) is 0. The number of benzene rings is 2. The van der Waals surface area contributed by atoms with Crippen molar-refractivity contribution in [3.63, 3.8) is 0 Å². The highest BCUT2D eigenvalue weighted by atomic mass is 16.5. The Morgan fingerprint density at radius 1 is 0.824 bits per heavy atom. The Morgan fingerprint density at radius 3 is 2.00 bits per heavy atom. The Labute approximate surface area is 98.4 Å². The van der Waals surface area contributed by atoms with Crippen LogP contribution in [0.15, 0.2) is 36.4 Å². The van der Waals surface area contributed by atoms with Gasteiger partial charge in [0, 0.05) is 17.4 Å². The molecule has 0 radical (unpaired) electrons. The summed E-state index contributed by atoms with van der Waals surface area (Å²) in [6.07, 6.45) is 0. The molecule has 2 rings (SSSR count). The molecule has 0 fully saturated rings. The number of phenols is 1. The van der Waals surface area contributed by atoms with Crippen LogP contribution in [0.1, 0.15) is 0 Å². The minimum absolute atomic E-state index is 0.0405. The second kappa shape index (κ2) is 4.13. The van der Waals surface area contributed by atoms with Crippen LogP contribution in [0, 0.1) is 0 Å². The van der Waals surface area contributed by atoms with Crippen LogP contribution in [-0.2, 0) is 0 Å². The average Bonchev–Trinajstić information content (AvgIpc) is 2.25. The molecule has 2 aromatic rings.